The van der Waals surface area contributed by atoms with Gasteiger partial charge in [0, 0.05) is 28.9 Å². The molecule has 56 heavy (non-hydrogen) atoms. The standard InChI is InChI=1S/C52H72N2O2/c1-6-7-8-9-10-11-12-13-14-15-18-41-23-25-42(26-24-41)43-27-29-52(30-28-43,44-31-37(2)50(38(3)32-44)55-48-21-16-19-46(53)35-48)45-33-39(4)51(40(5)34-45)56-49-22-17-20-47(54)36-49/h16-17,19-22,31-36,41-43H,6-15,18,23-30,53-54H2,1-5H3/t41-,42-. The Morgan fingerprint density at radius 2 is 0.929 bits per heavy atom. The number of ether oxygens (including phenoxy) is 2. The second kappa shape index (κ2) is 20.0. The van der Waals surface area contributed by atoms with Crippen molar-refractivity contribution in [2.45, 2.75) is 162 Å². The quantitative estimate of drug-likeness (QED) is 0.0783. The van der Waals surface area contributed by atoms with E-state index in [2.05, 4.69) is 58.9 Å². The van der Waals surface area contributed by atoms with E-state index in [4.69, 9.17) is 20.9 Å². The molecule has 4 N–H and O–H groups in total. The van der Waals surface area contributed by atoms with Crippen molar-refractivity contribution in [3.8, 4) is 23.0 Å². The molecule has 4 aromatic carbocycles. The molecule has 2 saturated carbocycles. The Hall–Kier alpha value is -3.92. The van der Waals surface area contributed by atoms with Gasteiger partial charge in [-0.3, -0.25) is 0 Å². The zero-order valence-electron chi connectivity index (χ0n) is 35.6. The van der Waals surface area contributed by atoms with Crippen LogP contribution in [0.2, 0.25) is 0 Å². The minimum absolute atomic E-state index is 0.0698. The SMILES string of the molecule is CCCCCCCCCCCC[C@H]1CC[C@H](C2CCC(c3cc(C)c(Oc4cccc(N)c4)c(C)c3)(c3cc(C)c(Oc4cccc(N)c4)c(C)c3)CC2)CC1. The van der Waals surface area contributed by atoms with Crippen molar-refractivity contribution in [1.82, 2.24) is 0 Å². The monoisotopic (exact) mass is 757 g/mol. The molecule has 4 aromatic rings. The zero-order chi connectivity index (χ0) is 39.5. The molecule has 0 heterocycles. The number of hydrogen-bond donors (Lipinski definition) is 2. The van der Waals surface area contributed by atoms with Crippen LogP contribution in [0.25, 0.3) is 0 Å². The average molecular weight is 757 g/mol. The highest BCUT2D eigenvalue weighted by Crippen LogP contribution is 2.52. The van der Waals surface area contributed by atoms with Crippen LogP contribution >= 0.6 is 0 Å². The van der Waals surface area contributed by atoms with Gasteiger partial charge in [-0.15, -0.1) is 0 Å². The van der Waals surface area contributed by atoms with Crippen molar-refractivity contribution in [1.29, 1.82) is 0 Å². The molecule has 2 aliphatic carbocycles. The van der Waals surface area contributed by atoms with Crippen molar-refractivity contribution in [2.24, 2.45) is 17.8 Å². The van der Waals surface area contributed by atoms with E-state index < -0.39 is 0 Å². The van der Waals surface area contributed by atoms with E-state index in [1.165, 1.54) is 155 Å². The summed E-state index contributed by atoms with van der Waals surface area (Å²) in [4.78, 5) is 0. The summed E-state index contributed by atoms with van der Waals surface area (Å²) in [5, 5.41) is 0. The number of unbranched alkanes of at least 4 members (excludes halogenated alkanes) is 9. The molecule has 2 fully saturated rings. The predicted molar refractivity (Wildman–Crippen MR) is 238 cm³/mol. The summed E-state index contributed by atoms with van der Waals surface area (Å²) in [6, 6.07) is 25.1. The van der Waals surface area contributed by atoms with Crippen LogP contribution in [0.5, 0.6) is 23.0 Å². The Labute approximate surface area is 340 Å². The van der Waals surface area contributed by atoms with Crippen molar-refractivity contribution in [2.75, 3.05) is 11.5 Å². The van der Waals surface area contributed by atoms with E-state index in [1.54, 1.807) is 0 Å². The molecule has 0 aliphatic heterocycles. The molecule has 2 aliphatic rings. The summed E-state index contributed by atoms with van der Waals surface area (Å²) in [6.45, 7) is 11.1. The first kappa shape index (κ1) is 41.7. The van der Waals surface area contributed by atoms with Gasteiger partial charge < -0.3 is 20.9 Å². The first-order chi connectivity index (χ1) is 27.1. The lowest BCUT2D eigenvalue weighted by molar-refractivity contribution is 0.140. The topological polar surface area (TPSA) is 70.5 Å². The normalized spacial score (nSPS) is 18.5. The molecule has 0 aromatic heterocycles. The van der Waals surface area contributed by atoms with E-state index in [9.17, 15) is 0 Å². The van der Waals surface area contributed by atoms with Gasteiger partial charge in [-0.05, 0) is 142 Å². The van der Waals surface area contributed by atoms with E-state index in [0.29, 0.717) is 11.4 Å². The average Bonchev–Trinajstić information content (AvgIpc) is 3.18. The van der Waals surface area contributed by atoms with Gasteiger partial charge in [0.2, 0.25) is 0 Å². The maximum absolute atomic E-state index is 6.48. The number of benzene rings is 4. The van der Waals surface area contributed by atoms with Gasteiger partial charge in [0.1, 0.15) is 23.0 Å². The lowest BCUT2D eigenvalue weighted by Gasteiger charge is -2.45. The summed E-state index contributed by atoms with van der Waals surface area (Å²) in [6.07, 6.45) is 26.4. The fourth-order valence-electron chi connectivity index (χ4n) is 10.4. The minimum Gasteiger partial charge on any atom is -0.457 e. The van der Waals surface area contributed by atoms with E-state index in [1.807, 2.05) is 48.5 Å². The Morgan fingerprint density at radius 1 is 0.518 bits per heavy atom. The Kier molecular flexibility index (Phi) is 14.9. The van der Waals surface area contributed by atoms with Gasteiger partial charge in [-0.2, -0.15) is 0 Å². The van der Waals surface area contributed by atoms with Crippen LogP contribution < -0.4 is 20.9 Å². The van der Waals surface area contributed by atoms with Crippen molar-refractivity contribution < 1.29 is 9.47 Å². The van der Waals surface area contributed by atoms with Gasteiger partial charge in [0.05, 0.1) is 0 Å². The van der Waals surface area contributed by atoms with Gasteiger partial charge in [0.25, 0.3) is 0 Å². The molecule has 0 saturated heterocycles. The summed E-state index contributed by atoms with van der Waals surface area (Å²) >= 11 is 0. The van der Waals surface area contributed by atoms with Crippen molar-refractivity contribution in [3.05, 3.63) is 106 Å². The van der Waals surface area contributed by atoms with Crippen molar-refractivity contribution >= 4 is 11.4 Å². The Morgan fingerprint density at radius 3 is 1.36 bits per heavy atom. The first-order valence-electron chi connectivity index (χ1n) is 22.5. The third-order valence-electron chi connectivity index (χ3n) is 13.6. The van der Waals surface area contributed by atoms with Gasteiger partial charge in [-0.25, -0.2) is 0 Å². The highest BCUT2D eigenvalue weighted by Gasteiger charge is 2.42. The maximum atomic E-state index is 6.48. The van der Waals surface area contributed by atoms with Crippen LogP contribution in [0, 0.1) is 45.4 Å². The lowest BCUT2D eigenvalue weighted by Crippen LogP contribution is -2.36. The molecular weight excluding hydrogens is 685 g/mol. The lowest BCUT2D eigenvalue weighted by atomic mass is 9.59. The number of anilines is 2. The Bertz CT molecular complexity index is 1690. The summed E-state index contributed by atoms with van der Waals surface area (Å²) < 4.78 is 13.0. The van der Waals surface area contributed by atoms with Crippen molar-refractivity contribution in [3.63, 3.8) is 0 Å². The van der Waals surface area contributed by atoms with Crippen LogP contribution in [0.4, 0.5) is 11.4 Å². The summed E-state index contributed by atoms with van der Waals surface area (Å²) in [5.41, 5.74) is 21.0. The molecular formula is C52H72N2O2. The van der Waals surface area contributed by atoms with Crippen LogP contribution in [0.3, 0.4) is 0 Å². The number of rotatable bonds is 18. The number of aryl methyl sites for hydroxylation is 4. The number of nitrogen functional groups attached to an aromatic ring is 2. The number of nitrogens with two attached hydrogens (primary N) is 2. The second-order valence-corrected chi connectivity index (χ2v) is 17.9. The summed E-state index contributed by atoms with van der Waals surface area (Å²) in [5.74, 6) is 6.07. The molecule has 4 nitrogen and oxygen atoms in total. The molecule has 6 rings (SSSR count). The predicted octanol–water partition coefficient (Wildman–Crippen LogP) is 15.3. The molecule has 0 spiro atoms. The van der Waals surface area contributed by atoms with E-state index in [0.717, 1.165) is 40.8 Å². The molecule has 0 bridgehead atoms. The molecule has 0 atom stereocenters. The number of hydrogen-bond acceptors (Lipinski definition) is 4. The van der Waals surface area contributed by atoms with E-state index >= 15 is 0 Å². The zero-order valence-corrected chi connectivity index (χ0v) is 35.6. The molecule has 4 heteroatoms. The fourth-order valence-corrected chi connectivity index (χ4v) is 10.4. The van der Waals surface area contributed by atoms with Crippen LogP contribution in [0.15, 0.2) is 72.8 Å². The van der Waals surface area contributed by atoms with Crippen LogP contribution in [-0.2, 0) is 5.41 Å². The van der Waals surface area contributed by atoms with Gasteiger partial charge >= 0.3 is 0 Å². The largest absolute Gasteiger partial charge is 0.457 e. The van der Waals surface area contributed by atoms with Crippen LogP contribution in [-0.4, -0.2) is 0 Å². The molecule has 302 valence electrons. The highest BCUT2D eigenvalue weighted by atomic mass is 16.5. The second-order valence-electron chi connectivity index (χ2n) is 17.9. The van der Waals surface area contributed by atoms with Gasteiger partial charge in [0.15, 0.2) is 0 Å². The fraction of sp³-hybridized carbons (Fsp3) is 0.538. The highest BCUT2D eigenvalue weighted by molar-refractivity contribution is 5.55. The van der Waals surface area contributed by atoms with Crippen LogP contribution in [0.1, 0.15) is 162 Å². The molecule has 0 radical (unpaired) electrons. The molecule has 0 amide bonds. The maximum Gasteiger partial charge on any atom is 0.133 e. The minimum atomic E-state index is -0.0698. The third kappa shape index (κ3) is 10.7. The van der Waals surface area contributed by atoms with Gasteiger partial charge in [-0.1, -0.05) is 127 Å². The smallest absolute Gasteiger partial charge is 0.133 e. The molecule has 0 unspecified atom stereocenters. The summed E-state index contributed by atoms with van der Waals surface area (Å²) in [7, 11) is 0. The third-order valence-corrected chi connectivity index (χ3v) is 13.6. The first-order valence-corrected chi connectivity index (χ1v) is 22.5. The van der Waals surface area contributed by atoms with E-state index in [-0.39, 0.29) is 5.41 Å². The Balaban J connectivity index is 1.14.